The molecule has 0 fully saturated rings. The molecule has 2 amide bonds. The van der Waals surface area contributed by atoms with Crippen LogP contribution in [0.3, 0.4) is 0 Å². The summed E-state index contributed by atoms with van der Waals surface area (Å²) in [4.78, 5) is 25.2. The summed E-state index contributed by atoms with van der Waals surface area (Å²) in [5.74, 6) is 0.571. The molecule has 0 bridgehead atoms. The van der Waals surface area contributed by atoms with Crippen LogP contribution in [0.4, 0.5) is 5.69 Å². The maximum absolute atomic E-state index is 12.8. The van der Waals surface area contributed by atoms with E-state index in [9.17, 15) is 9.59 Å². The summed E-state index contributed by atoms with van der Waals surface area (Å²) in [7, 11) is 0. The van der Waals surface area contributed by atoms with Gasteiger partial charge >= 0.3 is 0 Å². The minimum atomic E-state index is -0.324. The third-order valence-electron chi connectivity index (χ3n) is 3.93. The predicted octanol–water partition coefficient (Wildman–Crippen LogP) is 5.01. The zero-order valence-electron chi connectivity index (χ0n) is 16.1. The first-order valence-corrected chi connectivity index (χ1v) is 9.90. The van der Waals surface area contributed by atoms with Crippen LogP contribution in [0.5, 0.6) is 5.75 Å². The van der Waals surface area contributed by atoms with Gasteiger partial charge in [-0.25, -0.2) is 0 Å². The Morgan fingerprint density at radius 2 is 1.90 bits per heavy atom. The van der Waals surface area contributed by atoms with E-state index in [4.69, 9.17) is 9.15 Å². The first-order chi connectivity index (χ1) is 13.9. The Bertz CT molecular complexity index is 1000. The lowest BCUT2D eigenvalue weighted by atomic mass is 10.1. The minimum Gasteiger partial charge on any atom is -0.490 e. The van der Waals surface area contributed by atoms with Crippen molar-refractivity contribution in [3.05, 3.63) is 82.2 Å². The zero-order valence-corrected chi connectivity index (χ0v) is 17.7. The van der Waals surface area contributed by atoms with Gasteiger partial charge in [-0.1, -0.05) is 22.0 Å². The summed E-state index contributed by atoms with van der Waals surface area (Å²) in [5.41, 5.74) is 1.35. The van der Waals surface area contributed by atoms with Crippen molar-refractivity contribution in [2.24, 2.45) is 0 Å². The van der Waals surface area contributed by atoms with Crippen LogP contribution >= 0.6 is 15.9 Å². The third kappa shape index (κ3) is 5.71. The molecule has 29 heavy (non-hydrogen) atoms. The highest BCUT2D eigenvalue weighted by molar-refractivity contribution is 9.10. The van der Waals surface area contributed by atoms with E-state index in [1.807, 2.05) is 19.9 Å². The van der Waals surface area contributed by atoms with E-state index >= 15 is 0 Å². The number of amides is 2. The fourth-order valence-corrected chi connectivity index (χ4v) is 3.02. The van der Waals surface area contributed by atoms with E-state index in [0.29, 0.717) is 28.3 Å². The van der Waals surface area contributed by atoms with Crippen LogP contribution in [0.2, 0.25) is 0 Å². The van der Waals surface area contributed by atoms with Crippen molar-refractivity contribution in [3.8, 4) is 5.75 Å². The lowest BCUT2D eigenvalue weighted by Crippen LogP contribution is -2.22. The molecule has 0 radical (unpaired) electrons. The van der Waals surface area contributed by atoms with Crippen LogP contribution < -0.4 is 15.4 Å². The van der Waals surface area contributed by atoms with E-state index < -0.39 is 0 Å². The molecule has 2 N–H and O–H groups in total. The van der Waals surface area contributed by atoms with Crippen molar-refractivity contribution in [2.75, 3.05) is 5.32 Å². The average Bonchev–Trinajstić information content (AvgIpc) is 3.21. The normalized spacial score (nSPS) is 10.6. The number of carbonyl (C=O) groups excluding carboxylic acids is 2. The quantitative estimate of drug-likeness (QED) is 0.523. The molecule has 0 spiro atoms. The van der Waals surface area contributed by atoms with Gasteiger partial charge in [0.2, 0.25) is 0 Å². The Hall–Kier alpha value is -3.06. The van der Waals surface area contributed by atoms with Crippen LogP contribution in [0, 0.1) is 0 Å². The predicted molar refractivity (Wildman–Crippen MR) is 114 cm³/mol. The Morgan fingerprint density at radius 1 is 1.07 bits per heavy atom. The van der Waals surface area contributed by atoms with E-state index in [-0.39, 0.29) is 24.5 Å². The Labute approximate surface area is 177 Å². The summed E-state index contributed by atoms with van der Waals surface area (Å²) >= 11 is 3.38. The number of carbonyl (C=O) groups is 2. The fourth-order valence-electron chi connectivity index (χ4n) is 2.66. The second kappa shape index (κ2) is 9.43. The van der Waals surface area contributed by atoms with Crippen molar-refractivity contribution in [1.82, 2.24) is 5.32 Å². The minimum absolute atomic E-state index is 0.0658. The molecule has 0 atom stereocenters. The molecule has 7 heteroatoms. The molecule has 0 aliphatic heterocycles. The number of anilines is 1. The van der Waals surface area contributed by atoms with Gasteiger partial charge < -0.3 is 19.8 Å². The Balaban J connectivity index is 1.72. The van der Waals surface area contributed by atoms with Crippen molar-refractivity contribution in [1.29, 1.82) is 0 Å². The number of benzene rings is 2. The molecule has 3 aromatic rings. The van der Waals surface area contributed by atoms with Gasteiger partial charge in [-0.2, -0.15) is 0 Å². The van der Waals surface area contributed by atoms with Crippen LogP contribution in [0.25, 0.3) is 0 Å². The second-order valence-electron chi connectivity index (χ2n) is 6.60. The van der Waals surface area contributed by atoms with Crippen LogP contribution in [0.15, 0.2) is 69.8 Å². The van der Waals surface area contributed by atoms with Crippen molar-refractivity contribution < 1.29 is 18.7 Å². The number of hydrogen-bond acceptors (Lipinski definition) is 4. The molecular formula is C22H21BrN2O4. The molecule has 6 nitrogen and oxygen atoms in total. The van der Waals surface area contributed by atoms with Gasteiger partial charge in [-0.15, -0.1) is 0 Å². The fraction of sp³-hybridized carbons (Fsp3) is 0.182. The first kappa shape index (κ1) is 20.7. The number of halogens is 1. The van der Waals surface area contributed by atoms with E-state index in [2.05, 4.69) is 26.6 Å². The van der Waals surface area contributed by atoms with Gasteiger partial charge in [0.1, 0.15) is 11.5 Å². The topological polar surface area (TPSA) is 80.6 Å². The van der Waals surface area contributed by atoms with Crippen LogP contribution in [-0.4, -0.2) is 17.9 Å². The molecular weight excluding hydrogens is 436 g/mol. The zero-order chi connectivity index (χ0) is 20.8. The number of furan rings is 1. The highest BCUT2D eigenvalue weighted by atomic mass is 79.9. The Kier molecular flexibility index (Phi) is 6.72. The largest absolute Gasteiger partial charge is 0.490 e. The summed E-state index contributed by atoms with van der Waals surface area (Å²) in [6.07, 6.45) is 1.49. The molecule has 0 saturated carbocycles. The molecule has 3 rings (SSSR count). The van der Waals surface area contributed by atoms with Gasteiger partial charge in [-0.3, -0.25) is 9.59 Å². The van der Waals surface area contributed by atoms with E-state index in [0.717, 1.165) is 4.47 Å². The summed E-state index contributed by atoms with van der Waals surface area (Å²) in [6, 6.07) is 15.5. The van der Waals surface area contributed by atoms with Gasteiger partial charge in [0.05, 0.1) is 24.5 Å². The summed E-state index contributed by atoms with van der Waals surface area (Å²) in [6.45, 7) is 4.08. The van der Waals surface area contributed by atoms with E-state index in [1.54, 1.807) is 54.8 Å². The number of rotatable bonds is 7. The highest BCUT2D eigenvalue weighted by Crippen LogP contribution is 2.25. The maximum atomic E-state index is 12.8. The standard InChI is InChI=1S/C22H21BrN2O4/c1-14(2)29-20-9-8-16(23)12-19(20)22(27)25-17-6-3-5-15(11-17)21(26)24-13-18-7-4-10-28-18/h3-12,14H,13H2,1-2H3,(H,24,26)(H,25,27). The van der Waals surface area contributed by atoms with Crippen LogP contribution in [-0.2, 0) is 6.54 Å². The number of nitrogens with one attached hydrogen (secondary N) is 2. The first-order valence-electron chi connectivity index (χ1n) is 9.10. The lowest BCUT2D eigenvalue weighted by Gasteiger charge is -2.15. The van der Waals surface area contributed by atoms with Crippen molar-refractivity contribution >= 4 is 33.4 Å². The highest BCUT2D eigenvalue weighted by Gasteiger charge is 2.15. The average molecular weight is 457 g/mol. The molecule has 0 saturated heterocycles. The number of ether oxygens (including phenoxy) is 1. The molecule has 0 aliphatic carbocycles. The second-order valence-corrected chi connectivity index (χ2v) is 7.52. The van der Waals surface area contributed by atoms with Crippen molar-refractivity contribution in [2.45, 2.75) is 26.5 Å². The molecule has 1 heterocycles. The van der Waals surface area contributed by atoms with Gasteiger partial charge in [0.15, 0.2) is 0 Å². The number of hydrogen-bond donors (Lipinski definition) is 2. The smallest absolute Gasteiger partial charge is 0.259 e. The van der Waals surface area contributed by atoms with Crippen LogP contribution in [0.1, 0.15) is 40.3 Å². The van der Waals surface area contributed by atoms with E-state index in [1.165, 1.54) is 0 Å². The third-order valence-corrected chi connectivity index (χ3v) is 4.43. The van der Waals surface area contributed by atoms with Gasteiger partial charge in [0, 0.05) is 15.7 Å². The lowest BCUT2D eigenvalue weighted by molar-refractivity contribution is 0.0946. The maximum Gasteiger partial charge on any atom is 0.259 e. The molecule has 0 aliphatic rings. The van der Waals surface area contributed by atoms with Crippen molar-refractivity contribution in [3.63, 3.8) is 0 Å². The molecule has 2 aromatic carbocycles. The van der Waals surface area contributed by atoms with Gasteiger partial charge in [-0.05, 0) is 62.4 Å². The molecule has 1 aromatic heterocycles. The molecule has 150 valence electrons. The SMILES string of the molecule is CC(C)Oc1ccc(Br)cc1C(=O)Nc1cccc(C(=O)NCc2ccco2)c1. The molecule has 0 unspecified atom stereocenters. The Morgan fingerprint density at radius 3 is 2.62 bits per heavy atom. The summed E-state index contributed by atoms with van der Waals surface area (Å²) in [5, 5.41) is 5.61. The van der Waals surface area contributed by atoms with Gasteiger partial charge in [0.25, 0.3) is 11.8 Å². The monoisotopic (exact) mass is 456 g/mol. The summed E-state index contributed by atoms with van der Waals surface area (Å²) < 4.78 is 11.7.